The van der Waals surface area contributed by atoms with E-state index >= 15 is 0 Å². The van der Waals surface area contributed by atoms with Gasteiger partial charge in [-0.25, -0.2) is 4.79 Å². The molecule has 1 unspecified atom stereocenters. The molecule has 0 spiro atoms. The normalized spacial score (nSPS) is 12.2. The number of hydrogen-bond donors (Lipinski definition) is 0. The molecule has 13 heavy (non-hydrogen) atoms. The van der Waals surface area contributed by atoms with E-state index < -0.39 is 5.97 Å². The third-order valence-corrected chi connectivity index (χ3v) is 1.67. The third kappa shape index (κ3) is 1.96. The highest BCUT2D eigenvalue weighted by molar-refractivity contribution is 5.86. The van der Waals surface area contributed by atoms with Crippen LogP contribution in [0.4, 0.5) is 0 Å². The van der Waals surface area contributed by atoms with Crippen LogP contribution in [0.3, 0.4) is 0 Å². The lowest BCUT2D eigenvalue weighted by Crippen LogP contribution is -1.98. The molecule has 0 N–H and O–H groups in total. The Morgan fingerprint density at radius 2 is 2.31 bits per heavy atom. The molecule has 0 saturated heterocycles. The second-order valence-corrected chi connectivity index (χ2v) is 2.62. The van der Waals surface area contributed by atoms with Crippen LogP contribution in [0.25, 0.3) is 0 Å². The van der Waals surface area contributed by atoms with E-state index in [0.29, 0.717) is 5.76 Å². The average molecular weight is 182 g/mol. The quantitative estimate of drug-likeness (QED) is 0.523. The molecule has 70 valence electrons. The number of esters is 1. The lowest BCUT2D eigenvalue weighted by Gasteiger charge is -1.97. The summed E-state index contributed by atoms with van der Waals surface area (Å²) in [5.74, 6) is -0.288. The van der Waals surface area contributed by atoms with Gasteiger partial charge < -0.3 is 13.9 Å². The summed E-state index contributed by atoms with van der Waals surface area (Å²) in [7, 11) is 1.27. The maximum absolute atomic E-state index is 10.9. The number of furan rings is 1. The molecule has 0 aliphatic heterocycles. The van der Waals surface area contributed by atoms with Crippen LogP contribution >= 0.6 is 0 Å². The fraction of sp³-hybridized carbons (Fsp3) is 0.333. The molecule has 0 saturated carbocycles. The van der Waals surface area contributed by atoms with Crippen molar-refractivity contribution in [2.75, 3.05) is 7.11 Å². The van der Waals surface area contributed by atoms with Gasteiger partial charge in [0.2, 0.25) is 5.76 Å². The van der Waals surface area contributed by atoms with E-state index in [1.54, 1.807) is 13.0 Å². The zero-order valence-electron chi connectivity index (χ0n) is 7.44. The first-order valence-electron chi connectivity index (χ1n) is 3.82. The van der Waals surface area contributed by atoms with Crippen LogP contribution in [0, 0.1) is 0 Å². The molecule has 1 aromatic heterocycles. The summed E-state index contributed by atoms with van der Waals surface area (Å²) in [4.78, 5) is 21.3. The lowest BCUT2D eigenvalue weighted by molar-refractivity contribution is -0.109. The molecule has 1 aromatic rings. The summed E-state index contributed by atoms with van der Waals surface area (Å²) in [6, 6.07) is 3.08. The van der Waals surface area contributed by atoms with Crippen molar-refractivity contribution in [1.82, 2.24) is 0 Å². The topological polar surface area (TPSA) is 56.5 Å². The van der Waals surface area contributed by atoms with Crippen molar-refractivity contribution in [1.29, 1.82) is 0 Å². The highest BCUT2D eigenvalue weighted by atomic mass is 16.5. The number of hydrogen-bond acceptors (Lipinski definition) is 4. The Balaban J connectivity index is 2.86. The Bertz CT molecular complexity index is 313. The summed E-state index contributed by atoms with van der Waals surface area (Å²) in [6.07, 6.45) is 0.750. The van der Waals surface area contributed by atoms with Crippen molar-refractivity contribution in [3.8, 4) is 0 Å². The number of carbonyl (C=O) groups is 2. The molecule has 0 fully saturated rings. The van der Waals surface area contributed by atoms with E-state index in [-0.39, 0.29) is 11.7 Å². The molecule has 1 heterocycles. The highest BCUT2D eigenvalue weighted by Crippen LogP contribution is 2.16. The minimum absolute atomic E-state index is 0.117. The fourth-order valence-electron chi connectivity index (χ4n) is 0.875. The standard InChI is InChI=1S/C9H10O4/c1-6(5-10)7-3-4-8(13-7)9(11)12-2/h3-6H,1-2H3. The van der Waals surface area contributed by atoms with Gasteiger partial charge in [0.15, 0.2) is 0 Å². The van der Waals surface area contributed by atoms with Crippen molar-refractivity contribution in [3.63, 3.8) is 0 Å². The number of methoxy groups -OCH3 is 1. The van der Waals surface area contributed by atoms with Gasteiger partial charge in [0.25, 0.3) is 0 Å². The molecule has 1 atom stereocenters. The third-order valence-electron chi connectivity index (χ3n) is 1.67. The van der Waals surface area contributed by atoms with E-state index in [4.69, 9.17) is 4.42 Å². The Morgan fingerprint density at radius 3 is 2.85 bits per heavy atom. The van der Waals surface area contributed by atoms with Crippen LogP contribution in [0.5, 0.6) is 0 Å². The second-order valence-electron chi connectivity index (χ2n) is 2.62. The molecular formula is C9H10O4. The SMILES string of the molecule is COC(=O)c1ccc(C(C)C=O)o1. The van der Waals surface area contributed by atoms with Crippen molar-refractivity contribution < 1.29 is 18.7 Å². The summed E-state index contributed by atoms with van der Waals surface area (Å²) in [5, 5.41) is 0. The number of carbonyl (C=O) groups excluding carboxylic acids is 2. The van der Waals surface area contributed by atoms with Gasteiger partial charge in [-0.1, -0.05) is 0 Å². The van der Waals surface area contributed by atoms with E-state index in [1.807, 2.05) is 0 Å². The minimum Gasteiger partial charge on any atom is -0.463 e. The Kier molecular flexibility index (Phi) is 2.84. The summed E-state index contributed by atoms with van der Waals surface area (Å²) in [5.41, 5.74) is 0. The Hall–Kier alpha value is -1.58. The van der Waals surface area contributed by atoms with E-state index in [9.17, 15) is 9.59 Å². The van der Waals surface area contributed by atoms with Gasteiger partial charge in [0.05, 0.1) is 13.0 Å². The minimum atomic E-state index is -0.538. The predicted molar refractivity (Wildman–Crippen MR) is 44.5 cm³/mol. The molecule has 0 aromatic carbocycles. The van der Waals surface area contributed by atoms with Gasteiger partial charge in [-0.2, -0.15) is 0 Å². The van der Waals surface area contributed by atoms with Crippen LogP contribution in [0.2, 0.25) is 0 Å². The van der Waals surface area contributed by atoms with Crippen molar-refractivity contribution in [3.05, 3.63) is 23.7 Å². The van der Waals surface area contributed by atoms with E-state index in [2.05, 4.69) is 4.74 Å². The largest absolute Gasteiger partial charge is 0.463 e. The summed E-state index contributed by atoms with van der Waals surface area (Å²) >= 11 is 0. The lowest BCUT2D eigenvalue weighted by atomic mass is 10.1. The molecule has 4 heteroatoms. The highest BCUT2D eigenvalue weighted by Gasteiger charge is 2.14. The molecule has 0 radical (unpaired) electrons. The van der Waals surface area contributed by atoms with Gasteiger partial charge >= 0.3 is 5.97 Å². The first-order chi connectivity index (χ1) is 6.19. The molecular weight excluding hydrogens is 172 g/mol. The van der Waals surface area contributed by atoms with Crippen LogP contribution < -0.4 is 0 Å². The van der Waals surface area contributed by atoms with Crippen LogP contribution in [-0.2, 0) is 9.53 Å². The van der Waals surface area contributed by atoms with Crippen molar-refractivity contribution >= 4 is 12.3 Å². The van der Waals surface area contributed by atoms with Crippen LogP contribution in [-0.4, -0.2) is 19.4 Å². The zero-order chi connectivity index (χ0) is 9.84. The van der Waals surface area contributed by atoms with Crippen molar-refractivity contribution in [2.45, 2.75) is 12.8 Å². The summed E-state index contributed by atoms with van der Waals surface area (Å²) in [6.45, 7) is 1.69. The van der Waals surface area contributed by atoms with Gasteiger partial charge in [0, 0.05) is 0 Å². The second kappa shape index (κ2) is 3.89. The molecule has 0 bridgehead atoms. The fourth-order valence-corrected chi connectivity index (χ4v) is 0.875. The molecule has 0 amide bonds. The Labute approximate surface area is 75.5 Å². The van der Waals surface area contributed by atoms with Crippen molar-refractivity contribution in [2.24, 2.45) is 0 Å². The van der Waals surface area contributed by atoms with Gasteiger partial charge in [-0.3, -0.25) is 0 Å². The maximum atomic E-state index is 10.9. The maximum Gasteiger partial charge on any atom is 0.373 e. The van der Waals surface area contributed by atoms with Crippen LogP contribution in [0.15, 0.2) is 16.5 Å². The molecule has 0 aliphatic rings. The molecule has 4 nitrogen and oxygen atoms in total. The first-order valence-corrected chi connectivity index (χ1v) is 3.82. The monoisotopic (exact) mass is 182 g/mol. The van der Waals surface area contributed by atoms with Crippen LogP contribution in [0.1, 0.15) is 29.2 Å². The predicted octanol–water partition coefficient (Wildman–Crippen LogP) is 1.37. The smallest absolute Gasteiger partial charge is 0.373 e. The zero-order valence-corrected chi connectivity index (χ0v) is 7.44. The molecule has 1 rings (SSSR count). The first kappa shape index (κ1) is 9.51. The summed E-state index contributed by atoms with van der Waals surface area (Å²) < 4.78 is 9.53. The van der Waals surface area contributed by atoms with E-state index in [0.717, 1.165) is 6.29 Å². The van der Waals surface area contributed by atoms with Gasteiger partial charge in [-0.05, 0) is 19.1 Å². The Morgan fingerprint density at radius 1 is 1.62 bits per heavy atom. The van der Waals surface area contributed by atoms with Gasteiger partial charge in [0.1, 0.15) is 12.0 Å². The average Bonchev–Trinajstić information content (AvgIpc) is 2.64. The molecule has 0 aliphatic carbocycles. The van der Waals surface area contributed by atoms with E-state index in [1.165, 1.54) is 13.2 Å². The van der Waals surface area contributed by atoms with Gasteiger partial charge in [-0.15, -0.1) is 0 Å². The number of ether oxygens (including phenoxy) is 1. The number of aldehydes is 1. The number of rotatable bonds is 3.